The van der Waals surface area contributed by atoms with Crippen molar-refractivity contribution in [2.24, 2.45) is 0 Å². The summed E-state index contributed by atoms with van der Waals surface area (Å²) < 4.78 is 0. The fourth-order valence-corrected chi connectivity index (χ4v) is 2.81. The smallest absolute Gasteiger partial charge is 0.335 e. The highest BCUT2D eigenvalue weighted by Gasteiger charge is 2.24. The second-order valence-corrected chi connectivity index (χ2v) is 5.61. The molecule has 1 aliphatic heterocycles. The summed E-state index contributed by atoms with van der Waals surface area (Å²) >= 11 is 0. The van der Waals surface area contributed by atoms with E-state index < -0.39 is 5.97 Å². The van der Waals surface area contributed by atoms with E-state index in [4.69, 9.17) is 5.11 Å². The molecule has 0 saturated carbocycles. The van der Waals surface area contributed by atoms with Gasteiger partial charge in [0.1, 0.15) is 0 Å². The van der Waals surface area contributed by atoms with Crippen LogP contribution in [0.2, 0.25) is 0 Å². The molecule has 0 atom stereocenters. The third kappa shape index (κ3) is 3.84. The van der Waals surface area contributed by atoms with Crippen molar-refractivity contribution >= 4 is 17.6 Å². The zero-order valence-electron chi connectivity index (χ0n) is 12.6. The van der Waals surface area contributed by atoms with E-state index in [-0.39, 0.29) is 5.91 Å². The largest absolute Gasteiger partial charge is 0.478 e. The van der Waals surface area contributed by atoms with Crippen molar-refractivity contribution < 1.29 is 14.7 Å². The summed E-state index contributed by atoms with van der Waals surface area (Å²) in [5.74, 6) is -0.758. The molecule has 1 heterocycles. The Kier molecular flexibility index (Phi) is 5.37. The van der Waals surface area contributed by atoms with E-state index in [1.54, 1.807) is 23.1 Å². The number of anilines is 1. The zero-order chi connectivity index (χ0) is 15.2. The first-order valence-corrected chi connectivity index (χ1v) is 7.80. The molecule has 1 amide bonds. The van der Waals surface area contributed by atoms with Crippen molar-refractivity contribution in [3.8, 4) is 0 Å². The van der Waals surface area contributed by atoms with Crippen LogP contribution < -0.4 is 4.90 Å². The maximum atomic E-state index is 12.3. The summed E-state index contributed by atoms with van der Waals surface area (Å²) in [4.78, 5) is 25.0. The van der Waals surface area contributed by atoms with Gasteiger partial charge in [0.05, 0.1) is 5.56 Å². The van der Waals surface area contributed by atoms with Crippen LogP contribution in [0.4, 0.5) is 5.69 Å². The summed E-state index contributed by atoms with van der Waals surface area (Å²) in [6.45, 7) is 2.85. The number of carbonyl (C=O) groups is 2. The summed E-state index contributed by atoms with van der Waals surface area (Å²) in [6, 6.07) is 5.03. The van der Waals surface area contributed by atoms with Gasteiger partial charge in [-0.1, -0.05) is 32.6 Å². The van der Waals surface area contributed by atoms with E-state index in [1.165, 1.54) is 19.3 Å². The number of amides is 1. The highest BCUT2D eigenvalue weighted by atomic mass is 16.4. The van der Waals surface area contributed by atoms with Crippen molar-refractivity contribution in [3.63, 3.8) is 0 Å². The van der Waals surface area contributed by atoms with E-state index in [9.17, 15) is 9.59 Å². The Balaban J connectivity index is 1.92. The Hall–Kier alpha value is -1.84. The minimum absolute atomic E-state index is 0.160. The molecule has 21 heavy (non-hydrogen) atoms. The van der Waals surface area contributed by atoms with Gasteiger partial charge in [-0.3, -0.25) is 4.79 Å². The van der Waals surface area contributed by atoms with Crippen LogP contribution >= 0.6 is 0 Å². The topological polar surface area (TPSA) is 57.6 Å². The third-order valence-corrected chi connectivity index (χ3v) is 4.02. The first-order valence-electron chi connectivity index (χ1n) is 7.80. The van der Waals surface area contributed by atoms with Gasteiger partial charge in [-0.05, 0) is 36.6 Å². The molecule has 0 aliphatic carbocycles. The highest BCUT2D eigenvalue weighted by Crippen LogP contribution is 2.29. The highest BCUT2D eigenvalue weighted by molar-refractivity contribution is 5.96. The summed E-state index contributed by atoms with van der Waals surface area (Å²) in [7, 11) is 0. The number of aromatic carboxylic acids is 1. The fraction of sp³-hybridized carbons (Fsp3) is 0.529. The molecule has 0 fully saturated rings. The average molecular weight is 289 g/mol. The predicted molar refractivity (Wildman–Crippen MR) is 82.8 cm³/mol. The van der Waals surface area contributed by atoms with Crippen molar-refractivity contribution in [1.29, 1.82) is 0 Å². The summed E-state index contributed by atoms with van der Waals surface area (Å²) in [5.41, 5.74) is 2.15. The molecule has 1 N–H and O–H groups in total. The molecule has 4 heteroatoms. The molecule has 1 aromatic rings. The second-order valence-electron chi connectivity index (χ2n) is 5.61. The molecule has 0 radical (unpaired) electrons. The maximum absolute atomic E-state index is 12.3. The Morgan fingerprint density at radius 3 is 2.67 bits per heavy atom. The van der Waals surface area contributed by atoms with Crippen molar-refractivity contribution in [2.45, 2.75) is 51.9 Å². The SMILES string of the molecule is CCCCCCCC(=O)N1CCc2cc(C(=O)O)ccc21. The van der Waals surface area contributed by atoms with Gasteiger partial charge in [-0.25, -0.2) is 4.79 Å². The molecule has 2 rings (SSSR count). The number of unbranched alkanes of at least 4 members (excludes halogenated alkanes) is 4. The number of carbonyl (C=O) groups excluding carboxylic acids is 1. The molecule has 114 valence electrons. The van der Waals surface area contributed by atoms with Crippen LogP contribution in [0, 0.1) is 0 Å². The van der Waals surface area contributed by atoms with Gasteiger partial charge in [0, 0.05) is 18.7 Å². The predicted octanol–water partition coefficient (Wildman–Crippen LogP) is 3.63. The Bertz CT molecular complexity index is 525. The maximum Gasteiger partial charge on any atom is 0.335 e. The molecule has 4 nitrogen and oxygen atoms in total. The van der Waals surface area contributed by atoms with E-state index in [2.05, 4.69) is 6.92 Å². The van der Waals surface area contributed by atoms with Gasteiger partial charge in [-0.15, -0.1) is 0 Å². The van der Waals surface area contributed by atoms with Gasteiger partial charge >= 0.3 is 5.97 Å². The normalized spacial score (nSPS) is 13.3. The van der Waals surface area contributed by atoms with Crippen LogP contribution in [0.15, 0.2) is 18.2 Å². The van der Waals surface area contributed by atoms with E-state index in [0.717, 1.165) is 30.5 Å². The lowest BCUT2D eigenvalue weighted by atomic mass is 10.1. The van der Waals surface area contributed by atoms with Gasteiger partial charge in [0.15, 0.2) is 0 Å². The van der Waals surface area contributed by atoms with E-state index >= 15 is 0 Å². The molecule has 1 aliphatic rings. The number of nitrogens with zero attached hydrogens (tertiary/aromatic N) is 1. The number of hydrogen-bond donors (Lipinski definition) is 1. The summed E-state index contributed by atoms with van der Waals surface area (Å²) in [5, 5.41) is 9.00. The van der Waals surface area contributed by atoms with Crippen LogP contribution in [0.1, 0.15) is 61.4 Å². The van der Waals surface area contributed by atoms with Crippen molar-refractivity contribution in [3.05, 3.63) is 29.3 Å². The third-order valence-electron chi connectivity index (χ3n) is 4.02. The zero-order valence-corrected chi connectivity index (χ0v) is 12.6. The van der Waals surface area contributed by atoms with Crippen LogP contribution in [-0.2, 0) is 11.2 Å². The molecule has 0 saturated heterocycles. The second kappa shape index (κ2) is 7.25. The monoisotopic (exact) mass is 289 g/mol. The van der Waals surface area contributed by atoms with Crippen molar-refractivity contribution in [1.82, 2.24) is 0 Å². The minimum Gasteiger partial charge on any atom is -0.478 e. The number of fused-ring (bicyclic) bond motifs is 1. The first-order chi connectivity index (χ1) is 10.1. The molecular formula is C17H23NO3. The Labute approximate surface area is 125 Å². The van der Waals surface area contributed by atoms with Crippen molar-refractivity contribution in [2.75, 3.05) is 11.4 Å². The fourth-order valence-electron chi connectivity index (χ4n) is 2.81. The molecule has 1 aromatic carbocycles. The molecule has 0 unspecified atom stereocenters. The number of hydrogen-bond acceptors (Lipinski definition) is 2. The lowest BCUT2D eigenvalue weighted by Gasteiger charge is -2.17. The van der Waals surface area contributed by atoms with E-state index in [1.807, 2.05) is 0 Å². The number of carboxylic acid groups (broad SMARTS) is 1. The van der Waals surface area contributed by atoms with Crippen LogP contribution in [0.5, 0.6) is 0 Å². The van der Waals surface area contributed by atoms with Crippen LogP contribution in [0.3, 0.4) is 0 Å². The molecule has 0 aromatic heterocycles. The first kappa shape index (κ1) is 15.5. The Morgan fingerprint density at radius 2 is 1.95 bits per heavy atom. The number of carboxylic acids is 1. The number of benzene rings is 1. The van der Waals surface area contributed by atoms with E-state index in [0.29, 0.717) is 18.5 Å². The summed E-state index contributed by atoms with van der Waals surface area (Å²) in [6.07, 6.45) is 7.03. The van der Waals surface area contributed by atoms with Gasteiger partial charge < -0.3 is 10.0 Å². The minimum atomic E-state index is -0.918. The molecule has 0 bridgehead atoms. The molecule has 0 spiro atoms. The van der Waals surface area contributed by atoms with Crippen LogP contribution in [-0.4, -0.2) is 23.5 Å². The average Bonchev–Trinajstić information content (AvgIpc) is 2.89. The molecular weight excluding hydrogens is 266 g/mol. The van der Waals surface area contributed by atoms with Gasteiger partial charge in [-0.2, -0.15) is 0 Å². The Morgan fingerprint density at radius 1 is 1.19 bits per heavy atom. The van der Waals surface area contributed by atoms with Gasteiger partial charge in [0.25, 0.3) is 0 Å². The van der Waals surface area contributed by atoms with Crippen LogP contribution in [0.25, 0.3) is 0 Å². The quantitative estimate of drug-likeness (QED) is 0.780. The standard InChI is InChI=1S/C17H23NO3/c1-2-3-4-5-6-7-16(19)18-11-10-13-12-14(17(20)21)8-9-15(13)18/h8-9,12H,2-7,10-11H2,1H3,(H,20,21). The lowest BCUT2D eigenvalue weighted by molar-refractivity contribution is -0.118. The lowest BCUT2D eigenvalue weighted by Crippen LogP contribution is -2.28. The number of rotatable bonds is 7. The van der Waals surface area contributed by atoms with Gasteiger partial charge in [0.2, 0.25) is 5.91 Å².